The van der Waals surface area contributed by atoms with Crippen LogP contribution in [0.15, 0.2) is 64.0 Å². The van der Waals surface area contributed by atoms with Gasteiger partial charge < -0.3 is 4.52 Å². The molecule has 1 aliphatic heterocycles. The Hall–Kier alpha value is -2.51. The molecule has 29 heavy (non-hydrogen) atoms. The van der Waals surface area contributed by atoms with Gasteiger partial charge in [0.05, 0.1) is 4.90 Å². The van der Waals surface area contributed by atoms with Gasteiger partial charge in [-0.05, 0) is 36.0 Å². The Morgan fingerprint density at radius 3 is 2.38 bits per heavy atom. The summed E-state index contributed by atoms with van der Waals surface area (Å²) in [5, 5.41) is 4.05. The van der Waals surface area contributed by atoms with Gasteiger partial charge in [-0.15, -0.1) is 0 Å². The van der Waals surface area contributed by atoms with E-state index < -0.39 is 16.1 Å². The quantitative estimate of drug-likeness (QED) is 0.629. The summed E-state index contributed by atoms with van der Waals surface area (Å²) in [6, 6.07) is 16.2. The van der Waals surface area contributed by atoms with E-state index in [0.717, 1.165) is 17.5 Å². The molecule has 1 atom stereocenters. The van der Waals surface area contributed by atoms with Crippen molar-refractivity contribution in [2.75, 3.05) is 6.54 Å². The van der Waals surface area contributed by atoms with Crippen LogP contribution >= 0.6 is 0 Å². The average Bonchev–Trinajstić information content (AvgIpc) is 3.38. The fourth-order valence-corrected chi connectivity index (χ4v) is 5.26. The second-order valence-corrected chi connectivity index (χ2v) is 10.3. The summed E-state index contributed by atoms with van der Waals surface area (Å²) in [6.45, 7) is 6.75. The van der Waals surface area contributed by atoms with Crippen molar-refractivity contribution in [1.82, 2.24) is 14.4 Å². The molecule has 0 radical (unpaired) electrons. The predicted molar refractivity (Wildman–Crippen MR) is 111 cm³/mol. The van der Waals surface area contributed by atoms with Gasteiger partial charge in [-0.3, -0.25) is 0 Å². The summed E-state index contributed by atoms with van der Waals surface area (Å²) in [6.07, 6.45) is 1.42. The van der Waals surface area contributed by atoms with Gasteiger partial charge in [0.25, 0.3) is 0 Å². The average molecular weight is 412 g/mol. The summed E-state index contributed by atoms with van der Waals surface area (Å²) >= 11 is 0. The Kier molecular flexibility index (Phi) is 5.04. The van der Waals surface area contributed by atoms with Gasteiger partial charge >= 0.3 is 0 Å². The van der Waals surface area contributed by atoms with E-state index in [-0.39, 0.29) is 5.41 Å². The number of rotatable bonds is 4. The third-order valence-corrected chi connectivity index (χ3v) is 7.21. The number of sulfonamides is 1. The van der Waals surface area contributed by atoms with Crippen molar-refractivity contribution in [1.29, 1.82) is 0 Å². The van der Waals surface area contributed by atoms with Crippen molar-refractivity contribution in [2.24, 2.45) is 0 Å². The van der Waals surface area contributed by atoms with Crippen molar-refractivity contribution in [3.8, 4) is 11.4 Å². The fraction of sp³-hybridized carbons (Fsp3) is 0.364. The van der Waals surface area contributed by atoms with Gasteiger partial charge in [-0.2, -0.15) is 9.29 Å². The van der Waals surface area contributed by atoms with Crippen LogP contribution in [0.2, 0.25) is 0 Å². The summed E-state index contributed by atoms with van der Waals surface area (Å²) in [7, 11) is -3.65. The number of hydrogen-bond acceptors (Lipinski definition) is 5. The molecular weight excluding hydrogens is 386 g/mol. The van der Waals surface area contributed by atoms with Crippen LogP contribution in [-0.4, -0.2) is 29.4 Å². The maximum Gasteiger partial charge on any atom is 0.245 e. The lowest BCUT2D eigenvalue weighted by atomic mass is 9.87. The van der Waals surface area contributed by atoms with E-state index in [1.807, 2.05) is 42.5 Å². The molecule has 7 heteroatoms. The molecule has 0 unspecified atom stereocenters. The lowest BCUT2D eigenvalue weighted by Crippen LogP contribution is -2.31. The molecule has 1 aliphatic rings. The molecule has 1 fully saturated rings. The molecule has 0 spiro atoms. The summed E-state index contributed by atoms with van der Waals surface area (Å²) in [5.74, 6) is 0.815. The maximum absolute atomic E-state index is 13.3. The highest BCUT2D eigenvalue weighted by Gasteiger charge is 2.39. The third-order valence-electron chi connectivity index (χ3n) is 5.29. The molecule has 1 saturated heterocycles. The zero-order chi connectivity index (χ0) is 20.6. The second kappa shape index (κ2) is 7.39. The molecule has 0 N–H and O–H groups in total. The summed E-state index contributed by atoms with van der Waals surface area (Å²) < 4.78 is 33.5. The fourth-order valence-electron chi connectivity index (χ4n) is 3.61. The van der Waals surface area contributed by atoms with E-state index in [1.54, 1.807) is 12.1 Å². The van der Waals surface area contributed by atoms with Gasteiger partial charge in [0, 0.05) is 12.1 Å². The molecule has 4 rings (SSSR count). The molecule has 152 valence electrons. The highest BCUT2D eigenvalue weighted by atomic mass is 32.2. The molecule has 0 saturated carbocycles. The molecule has 1 aromatic heterocycles. The normalized spacial score (nSPS) is 18.2. The van der Waals surface area contributed by atoms with Gasteiger partial charge in [0.1, 0.15) is 6.04 Å². The topological polar surface area (TPSA) is 76.3 Å². The first-order chi connectivity index (χ1) is 13.8. The van der Waals surface area contributed by atoms with Crippen molar-refractivity contribution in [3.63, 3.8) is 0 Å². The SMILES string of the molecule is CC(C)(C)c1ccc(S(=O)(=O)N2CCC[C@H]2c2nc(-c3ccccc3)no2)cc1. The molecule has 2 aromatic carbocycles. The van der Waals surface area contributed by atoms with Crippen LogP contribution in [0.5, 0.6) is 0 Å². The minimum absolute atomic E-state index is 0.0317. The molecular formula is C22H25N3O3S. The predicted octanol–water partition coefficient (Wildman–Crippen LogP) is 4.56. The monoisotopic (exact) mass is 411 g/mol. The third kappa shape index (κ3) is 3.84. The van der Waals surface area contributed by atoms with Crippen LogP contribution in [0.25, 0.3) is 11.4 Å². The van der Waals surface area contributed by atoms with Gasteiger partial charge in [0.15, 0.2) is 0 Å². The van der Waals surface area contributed by atoms with Crippen LogP contribution in [0.1, 0.15) is 51.1 Å². The highest BCUT2D eigenvalue weighted by Crippen LogP contribution is 2.37. The standard InChI is InChI=1S/C22H25N3O3S/c1-22(2,3)17-11-13-18(14-12-17)29(26,27)25-15-7-10-19(25)21-23-20(24-28-21)16-8-5-4-6-9-16/h4-6,8-9,11-14,19H,7,10,15H2,1-3H3/t19-/m0/s1. The Morgan fingerprint density at radius 2 is 1.72 bits per heavy atom. The van der Waals surface area contributed by atoms with E-state index in [4.69, 9.17) is 4.52 Å². The van der Waals surface area contributed by atoms with Crippen molar-refractivity contribution < 1.29 is 12.9 Å². The van der Waals surface area contributed by atoms with Gasteiger partial charge in [0.2, 0.25) is 21.7 Å². The largest absolute Gasteiger partial charge is 0.337 e. The van der Waals surface area contributed by atoms with Crippen LogP contribution in [0.3, 0.4) is 0 Å². The van der Waals surface area contributed by atoms with Crippen LogP contribution in [0, 0.1) is 0 Å². The molecule has 3 aromatic rings. The minimum atomic E-state index is -3.65. The van der Waals surface area contributed by atoms with E-state index in [1.165, 1.54) is 4.31 Å². The number of benzene rings is 2. The van der Waals surface area contributed by atoms with Crippen LogP contribution in [-0.2, 0) is 15.4 Å². The molecule has 0 amide bonds. The van der Waals surface area contributed by atoms with Gasteiger partial charge in [-0.25, -0.2) is 8.42 Å². The number of nitrogens with zero attached hydrogens (tertiary/aromatic N) is 3. The van der Waals surface area contributed by atoms with Gasteiger partial charge in [-0.1, -0.05) is 68.4 Å². The molecule has 2 heterocycles. The lowest BCUT2D eigenvalue weighted by molar-refractivity contribution is 0.290. The summed E-state index contributed by atoms with van der Waals surface area (Å²) in [4.78, 5) is 4.77. The van der Waals surface area contributed by atoms with Crippen molar-refractivity contribution >= 4 is 10.0 Å². The lowest BCUT2D eigenvalue weighted by Gasteiger charge is -2.23. The first-order valence-corrected chi connectivity index (χ1v) is 11.2. The van der Waals surface area contributed by atoms with E-state index in [0.29, 0.717) is 29.6 Å². The summed E-state index contributed by atoms with van der Waals surface area (Å²) in [5.41, 5.74) is 1.90. The Morgan fingerprint density at radius 1 is 1.03 bits per heavy atom. The zero-order valence-corrected chi connectivity index (χ0v) is 17.7. The van der Waals surface area contributed by atoms with Crippen LogP contribution in [0.4, 0.5) is 0 Å². The van der Waals surface area contributed by atoms with Crippen molar-refractivity contribution in [3.05, 3.63) is 66.1 Å². The van der Waals surface area contributed by atoms with E-state index in [9.17, 15) is 8.42 Å². The Bertz CT molecular complexity index is 1080. The highest BCUT2D eigenvalue weighted by molar-refractivity contribution is 7.89. The van der Waals surface area contributed by atoms with E-state index in [2.05, 4.69) is 30.9 Å². The molecule has 6 nitrogen and oxygen atoms in total. The Balaban J connectivity index is 1.62. The minimum Gasteiger partial charge on any atom is -0.337 e. The Labute approximate surface area is 171 Å². The number of hydrogen-bond donors (Lipinski definition) is 0. The maximum atomic E-state index is 13.3. The first kappa shape index (κ1) is 19.8. The van der Waals surface area contributed by atoms with E-state index >= 15 is 0 Å². The first-order valence-electron chi connectivity index (χ1n) is 9.78. The zero-order valence-electron chi connectivity index (χ0n) is 16.9. The smallest absolute Gasteiger partial charge is 0.245 e. The number of aromatic nitrogens is 2. The molecule has 0 bridgehead atoms. The van der Waals surface area contributed by atoms with Crippen LogP contribution < -0.4 is 0 Å². The van der Waals surface area contributed by atoms with Crippen molar-refractivity contribution in [2.45, 2.75) is 50.0 Å². The molecule has 0 aliphatic carbocycles. The second-order valence-electron chi connectivity index (χ2n) is 8.37.